The van der Waals surface area contributed by atoms with Crippen molar-refractivity contribution < 1.29 is 9.84 Å². The molecule has 1 N–H and O–H groups in total. The van der Waals surface area contributed by atoms with Crippen molar-refractivity contribution in [2.24, 2.45) is 0 Å². The van der Waals surface area contributed by atoms with Crippen LogP contribution in [0.1, 0.15) is 30.4 Å². The molecule has 1 aromatic carbocycles. The lowest BCUT2D eigenvalue weighted by molar-refractivity contribution is 0.149. The first kappa shape index (κ1) is 10.5. The fourth-order valence-electron chi connectivity index (χ4n) is 2.04. The number of aryl methyl sites for hydroxylation is 2. The smallest absolute Gasteiger partial charge is 0.122 e. The topological polar surface area (TPSA) is 29.5 Å². The molecule has 0 aromatic heterocycles. The number of rotatable bonds is 2. The number of hydrogen-bond donors (Lipinski definition) is 1. The summed E-state index contributed by atoms with van der Waals surface area (Å²) in [6.07, 6.45) is 2.64. The Kier molecular flexibility index (Phi) is 2.96. The highest BCUT2D eigenvalue weighted by molar-refractivity contribution is 5.36. The molecule has 2 rings (SSSR count). The molecule has 82 valence electrons. The molecule has 1 aromatic rings. The SMILES string of the molecule is Cc1ccc(C)c(OC2CCC(O)C2)c1. The molecule has 0 heterocycles. The first-order valence-electron chi connectivity index (χ1n) is 5.57. The van der Waals surface area contributed by atoms with Crippen LogP contribution >= 0.6 is 0 Å². The fourth-order valence-corrected chi connectivity index (χ4v) is 2.04. The third-order valence-corrected chi connectivity index (χ3v) is 2.99. The predicted molar refractivity (Wildman–Crippen MR) is 60.2 cm³/mol. The molecule has 0 spiro atoms. The van der Waals surface area contributed by atoms with Gasteiger partial charge in [-0.15, -0.1) is 0 Å². The number of hydrogen-bond acceptors (Lipinski definition) is 2. The summed E-state index contributed by atoms with van der Waals surface area (Å²) in [5.74, 6) is 0.967. The van der Waals surface area contributed by atoms with E-state index in [1.165, 1.54) is 11.1 Å². The average molecular weight is 206 g/mol. The zero-order chi connectivity index (χ0) is 10.8. The van der Waals surface area contributed by atoms with Crippen LogP contribution in [-0.4, -0.2) is 17.3 Å². The molecular formula is C13H18O2. The maximum absolute atomic E-state index is 9.42. The summed E-state index contributed by atoms with van der Waals surface area (Å²) in [7, 11) is 0. The van der Waals surface area contributed by atoms with Crippen LogP contribution < -0.4 is 4.74 Å². The predicted octanol–water partition coefficient (Wildman–Crippen LogP) is 2.60. The third kappa shape index (κ3) is 2.51. The van der Waals surface area contributed by atoms with Crippen molar-refractivity contribution in [1.82, 2.24) is 0 Å². The molecule has 2 atom stereocenters. The normalized spacial score (nSPS) is 25.5. The molecule has 1 fully saturated rings. The lowest BCUT2D eigenvalue weighted by atomic mass is 10.1. The van der Waals surface area contributed by atoms with E-state index in [0.717, 1.165) is 25.0 Å². The van der Waals surface area contributed by atoms with Gasteiger partial charge < -0.3 is 9.84 Å². The van der Waals surface area contributed by atoms with Gasteiger partial charge in [-0.25, -0.2) is 0 Å². The third-order valence-electron chi connectivity index (χ3n) is 2.99. The van der Waals surface area contributed by atoms with Crippen LogP contribution in [0.2, 0.25) is 0 Å². The van der Waals surface area contributed by atoms with Gasteiger partial charge in [0.05, 0.1) is 6.10 Å². The van der Waals surface area contributed by atoms with Gasteiger partial charge in [0.2, 0.25) is 0 Å². The molecule has 2 unspecified atom stereocenters. The highest BCUT2D eigenvalue weighted by Gasteiger charge is 2.24. The molecular weight excluding hydrogens is 188 g/mol. The summed E-state index contributed by atoms with van der Waals surface area (Å²) in [5, 5.41) is 9.42. The second-order valence-corrected chi connectivity index (χ2v) is 4.48. The molecule has 1 aliphatic carbocycles. The molecule has 0 radical (unpaired) electrons. The molecule has 0 aliphatic heterocycles. The van der Waals surface area contributed by atoms with Crippen molar-refractivity contribution in [2.75, 3.05) is 0 Å². The number of aliphatic hydroxyl groups excluding tert-OH is 1. The molecule has 0 saturated heterocycles. The van der Waals surface area contributed by atoms with Crippen molar-refractivity contribution in [3.05, 3.63) is 29.3 Å². The summed E-state index contributed by atoms with van der Waals surface area (Å²) in [6, 6.07) is 6.24. The van der Waals surface area contributed by atoms with E-state index in [4.69, 9.17) is 4.74 Å². The van der Waals surface area contributed by atoms with E-state index in [1.807, 2.05) is 0 Å². The highest BCUT2D eigenvalue weighted by atomic mass is 16.5. The standard InChI is InChI=1S/C13H18O2/c1-9-3-4-10(2)13(7-9)15-12-6-5-11(14)8-12/h3-4,7,11-12,14H,5-6,8H2,1-2H3. The van der Waals surface area contributed by atoms with Gasteiger partial charge in [-0.3, -0.25) is 0 Å². The van der Waals surface area contributed by atoms with Gasteiger partial charge in [-0.2, -0.15) is 0 Å². The van der Waals surface area contributed by atoms with Gasteiger partial charge in [0.25, 0.3) is 0 Å². The van der Waals surface area contributed by atoms with Gasteiger partial charge in [0.15, 0.2) is 0 Å². The minimum Gasteiger partial charge on any atom is -0.490 e. The highest BCUT2D eigenvalue weighted by Crippen LogP contribution is 2.27. The molecule has 0 bridgehead atoms. The Hall–Kier alpha value is -1.02. The van der Waals surface area contributed by atoms with Crippen LogP contribution in [0.4, 0.5) is 0 Å². The maximum atomic E-state index is 9.42. The molecule has 2 heteroatoms. The average Bonchev–Trinajstić information content (AvgIpc) is 2.58. The summed E-state index contributed by atoms with van der Waals surface area (Å²) in [4.78, 5) is 0. The summed E-state index contributed by atoms with van der Waals surface area (Å²) in [5.41, 5.74) is 2.39. The van der Waals surface area contributed by atoms with E-state index in [0.29, 0.717) is 0 Å². The number of aliphatic hydroxyl groups is 1. The zero-order valence-electron chi connectivity index (χ0n) is 9.36. The van der Waals surface area contributed by atoms with Crippen molar-refractivity contribution in [1.29, 1.82) is 0 Å². The number of benzene rings is 1. The van der Waals surface area contributed by atoms with Gasteiger partial charge in [-0.05, 0) is 43.9 Å². The lowest BCUT2D eigenvalue weighted by Crippen LogP contribution is -2.14. The first-order valence-corrected chi connectivity index (χ1v) is 5.57. The van der Waals surface area contributed by atoms with E-state index >= 15 is 0 Å². The van der Waals surface area contributed by atoms with Crippen molar-refractivity contribution in [3.8, 4) is 5.75 Å². The Bertz CT molecular complexity index is 346. The maximum Gasteiger partial charge on any atom is 0.122 e. The fraction of sp³-hybridized carbons (Fsp3) is 0.538. The Labute approximate surface area is 90.9 Å². The van der Waals surface area contributed by atoms with Gasteiger partial charge in [0, 0.05) is 6.42 Å². The largest absolute Gasteiger partial charge is 0.490 e. The van der Waals surface area contributed by atoms with Crippen LogP contribution in [-0.2, 0) is 0 Å². The van der Waals surface area contributed by atoms with Crippen LogP contribution in [0.25, 0.3) is 0 Å². The second-order valence-electron chi connectivity index (χ2n) is 4.48. The quantitative estimate of drug-likeness (QED) is 0.806. The minimum absolute atomic E-state index is 0.167. The number of ether oxygens (including phenoxy) is 1. The molecule has 1 saturated carbocycles. The van der Waals surface area contributed by atoms with Crippen LogP contribution in [0.3, 0.4) is 0 Å². The van der Waals surface area contributed by atoms with Crippen molar-refractivity contribution in [3.63, 3.8) is 0 Å². The van der Waals surface area contributed by atoms with Gasteiger partial charge in [-0.1, -0.05) is 12.1 Å². The van der Waals surface area contributed by atoms with E-state index in [1.54, 1.807) is 0 Å². The summed E-state index contributed by atoms with van der Waals surface area (Å²) < 4.78 is 5.90. The molecule has 15 heavy (non-hydrogen) atoms. The second kappa shape index (κ2) is 4.23. The van der Waals surface area contributed by atoms with Crippen LogP contribution in [0.5, 0.6) is 5.75 Å². The van der Waals surface area contributed by atoms with Gasteiger partial charge >= 0.3 is 0 Å². The molecule has 2 nitrogen and oxygen atoms in total. The zero-order valence-corrected chi connectivity index (χ0v) is 9.36. The Morgan fingerprint density at radius 3 is 2.73 bits per heavy atom. The van der Waals surface area contributed by atoms with Crippen molar-refractivity contribution >= 4 is 0 Å². The van der Waals surface area contributed by atoms with E-state index in [9.17, 15) is 5.11 Å². The summed E-state index contributed by atoms with van der Waals surface area (Å²) >= 11 is 0. The van der Waals surface area contributed by atoms with E-state index in [2.05, 4.69) is 32.0 Å². The Morgan fingerprint density at radius 2 is 2.07 bits per heavy atom. The Balaban J connectivity index is 2.07. The first-order chi connectivity index (χ1) is 7.15. The molecule has 0 amide bonds. The van der Waals surface area contributed by atoms with Crippen molar-refractivity contribution in [2.45, 2.75) is 45.3 Å². The lowest BCUT2D eigenvalue weighted by Gasteiger charge is -2.15. The van der Waals surface area contributed by atoms with E-state index < -0.39 is 0 Å². The Morgan fingerprint density at radius 1 is 1.27 bits per heavy atom. The summed E-state index contributed by atoms with van der Waals surface area (Å²) in [6.45, 7) is 4.12. The monoisotopic (exact) mass is 206 g/mol. The van der Waals surface area contributed by atoms with E-state index in [-0.39, 0.29) is 12.2 Å². The van der Waals surface area contributed by atoms with Crippen LogP contribution in [0.15, 0.2) is 18.2 Å². The molecule has 1 aliphatic rings. The van der Waals surface area contributed by atoms with Gasteiger partial charge in [0.1, 0.15) is 11.9 Å². The van der Waals surface area contributed by atoms with Crippen LogP contribution in [0, 0.1) is 13.8 Å². The minimum atomic E-state index is -0.167.